The lowest BCUT2D eigenvalue weighted by molar-refractivity contribution is -0.127. The predicted octanol–water partition coefficient (Wildman–Crippen LogP) is 3.02. The summed E-state index contributed by atoms with van der Waals surface area (Å²) in [6, 6.07) is 11.8. The Kier molecular flexibility index (Phi) is 7.68. The number of rotatable bonds is 8. The Labute approximate surface area is 242 Å². The van der Waals surface area contributed by atoms with Gasteiger partial charge in [0.25, 0.3) is 17.4 Å². The summed E-state index contributed by atoms with van der Waals surface area (Å²) in [4.78, 5) is 50.6. The number of thiazole rings is 1. The van der Waals surface area contributed by atoms with Crippen molar-refractivity contribution in [1.82, 2.24) is 9.47 Å². The SMILES string of the molecule is C=CCN1C(=O)/C(=c2\sc3n(c2=O)[C@@H](c2cc(OC)ccc2OC)C(C(=O)N(CC)CC)=C(C)N=3)c2ccccc21. The fourth-order valence-corrected chi connectivity index (χ4v) is 6.62. The molecule has 9 nitrogen and oxygen atoms in total. The van der Waals surface area contributed by atoms with Gasteiger partial charge in [0.15, 0.2) is 4.80 Å². The topological polar surface area (TPSA) is 93.4 Å². The highest BCUT2D eigenvalue weighted by Gasteiger charge is 2.38. The first kappa shape index (κ1) is 28.1. The van der Waals surface area contributed by atoms with E-state index in [1.165, 1.54) is 4.57 Å². The average Bonchev–Trinajstić information content (AvgIpc) is 3.44. The zero-order chi connectivity index (χ0) is 29.4. The van der Waals surface area contributed by atoms with Crippen molar-refractivity contribution < 1.29 is 19.1 Å². The van der Waals surface area contributed by atoms with E-state index in [4.69, 9.17) is 14.5 Å². The molecule has 0 fully saturated rings. The molecule has 0 saturated carbocycles. The van der Waals surface area contributed by atoms with Gasteiger partial charge in [-0.05, 0) is 45.0 Å². The summed E-state index contributed by atoms with van der Waals surface area (Å²) < 4.78 is 13.0. The van der Waals surface area contributed by atoms with Gasteiger partial charge in [0.2, 0.25) is 0 Å². The number of para-hydroxylation sites is 1. The summed E-state index contributed by atoms with van der Waals surface area (Å²) in [7, 11) is 3.10. The van der Waals surface area contributed by atoms with E-state index in [-0.39, 0.29) is 16.3 Å². The minimum Gasteiger partial charge on any atom is -0.497 e. The third-order valence-electron chi connectivity index (χ3n) is 7.47. The van der Waals surface area contributed by atoms with Crippen LogP contribution in [0.15, 0.2) is 76.2 Å². The number of hydrogen-bond acceptors (Lipinski definition) is 7. The van der Waals surface area contributed by atoms with Crippen molar-refractivity contribution >= 4 is 34.4 Å². The third kappa shape index (κ3) is 4.48. The lowest BCUT2D eigenvalue weighted by Gasteiger charge is -2.30. The van der Waals surface area contributed by atoms with Crippen molar-refractivity contribution in [1.29, 1.82) is 0 Å². The number of nitrogens with zero attached hydrogens (tertiary/aromatic N) is 4. The van der Waals surface area contributed by atoms with E-state index in [2.05, 4.69) is 6.58 Å². The first-order valence-corrected chi connectivity index (χ1v) is 14.2. The Bertz CT molecular complexity index is 1780. The summed E-state index contributed by atoms with van der Waals surface area (Å²) in [6.07, 6.45) is 1.66. The summed E-state index contributed by atoms with van der Waals surface area (Å²) in [5, 5.41) is 0. The molecule has 2 amide bonds. The molecule has 0 unspecified atom stereocenters. The Hall–Kier alpha value is -4.44. The zero-order valence-corrected chi connectivity index (χ0v) is 24.6. The molecule has 5 rings (SSSR count). The fourth-order valence-electron chi connectivity index (χ4n) is 5.48. The largest absolute Gasteiger partial charge is 0.497 e. The van der Waals surface area contributed by atoms with Crippen LogP contribution in [0.5, 0.6) is 11.5 Å². The molecule has 0 spiro atoms. The Morgan fingerprint density at radius 1 is 1.12 bits per heavy atom. The highest BCUT2D eigenvalue weighted by atomic mass is 32.1. The van der Waals surface area contributed by atoms with Crippen molar-refractivity contribution in [3.05, 3.63) is 97.2 Å². The van der Waals surface area contributed by atoms with Crippen molar-refractivity contribution in [2.45, 2.75) is 26.8 Å². The van der Waals surface area contributed by atoms with Gasteiger partial charge in [-0.1, -0.05) is 35.6 Å². The van der Waals surface area contributed by atoms with Crippen molar-refractivity contribution in [2.24, 2.45) is 4.99 Å². The fraction of sp³-hybridized carbons (Fsp3) is 0.290. The van der Waals surface area contributed by atoms with Crippen LogP contribution in [0.3, 0.4) is 0 Å². The van der Waals surface area contributed by atoms with E-state index < -0.39 is 11.6 Å². The molecule has 0 saturated heterocycles. The molecule has 1 atom stereocenters. The standard InChI is InChI=1S/C31H32N4O5S/c1-7-16-34-22-13-11-10-12-20(22)25(29(34)37)27-30(38)35-26(21-17-19(39-5)14-15-23(21)40-6)24(18(4)32-31(35)41-27)28(36)33(8-2)9-3/h7,10-15,17,26H,1,8-9,16H2,2-6H3/b27-25-/t26-/m0/s1. The predicted molar refractivity (Wildman–Crippen MR) is 159 cm³/mol. The van der Waals surface area contributed by atoms with Crippen LogP contribution in [0.2, 0.25) is 0 Å². The summed E-state index contributed by atoms with van der Waals surface area (Å²) >= 11 is 1.15. The molecule has 0 bridgehead atoms. The first-order chi connectivity index (χ1) is 19.8. The molecule has 41 heavy (non-hydrogen) atoms. The highest BCUT2D eigenvalue weighted by molar-refractivity contribution is 7.07. The van der Waals surface area contributed by atoms with Crippen molar-refractivity contribution in [3.63, 3.8) is 0 Å². The van der Waals surface area contributed by atoms with Crippen LogP contribution in [-0.2, 0) is 9.59 Å². The smallest absolute Gasteiger partial charge is 0.271 e. The van der Waals surface area contributed by atoms with Crippen LogP contribution in [0.25, 0.3) is 5.57 Å². The third-order valence-corrected chi connectivity index (χ3v) is 8.53. The van der Waals surface area contributed by atoms with Crippen molar-refractivity contribution in [2.75, 3.05) is 38.8 Å². The van der Waals surface area contributed by atoms with Gasteiger partial charge in [0.1, 0.15) is 22.1 Å². The summed E-state index contributed by atoms with van der Waals surface area (Å²) in [5.74, 6) is 0.550. The molecule has 3 heterocycles. The second kappa shape index (κ2) is 11.2. The molecule has 0 N–H and O–H groups in total. The molecule has 0 radical (unpaired) electrons. The zero-order valence-electron chi connectivity index (χ0n) is 23.8. The van der Waals surface area contributed by atoms with Crippen LogP contribution >= 0.6 is 11.3 Å². The van der Waals surface area contributed by atoms with Gasteiger partial charge in [-0.15, -0.1) is 6.58 Å². The van der Waals surface area contributed by atoms with Gasteiger partial charge in [-0.3, -0.25) is 19.0 Å². The Morgan fingerprint density at radius 3 is 2.51 bits per heavy atom. The molecular weight excluding hydrogens is 540 g/mol. The number of aromatic nitrogens is 1. The molecular formula is C31H32N4O5S. The molecule has 212 valence electrons. The normalized spacial score (nSPS) is 17.1. The van der Waals surface area contributed by atoms with Crippen LogP contribution < -0.4 is 29.3 Å². The minimum atomic E-state index is -0.852. The number of fused-ring (bicyclic) bond motifs is 2. The van der Waals surface area contributed by atoms with Crippen LogP contribution in [0.4, 0.5) is 5.69 Å². The van der Waals surface area contributed by atoms with Gasteiger partial charge in [-0.2, -0.15) is 0 Å². The Morgan fingerprint density at radius 2 is 1.85 bits per heavy atom. The van der Waals surface area contributed by atoms with E-state index in [9.17, 15) is 14.4 Å². The summed E-state index contributed by atoms with van der Waals surface area (Å²) in [5.41, 5.74) is 2.77. The van der Waals surface area contributed by atoms with Gasteiger partial charge >= 0.3 is 0 Å². The number of ether oxygens (including phenoxy) is 2. The van der Waals surface area contributed by atoms with Gasteiger partial charge in [0, 0.05) is 30.8 Å². The number of carbonyl (C=O) groups is 2. The van der Waals surface area contributed by atoms with Crippen LogP contribution in [0, 0.1) is 0 Å². The number of hydrogen-bond donors (Lipinski definition) is 0. The lowest BCUT2D eigenvalue weighted by Crippen LogP contribution is -2.43. The number of allylic oxidation sites excluding steroid dienone is 1. The lowest BCUT2D eigenvalue weighted by atomic mass is 9.93. The number of methoxy groups -OCH3 is 2. The summed E-state index contributed by atoms with van der Waals surface area (Å²) in [6.45, 7) is 10.7. The quantitative estimate of drug-likeness (QED) is 0.387. The molecule has 1 aromatic heterocycles. The van der Waals surface area contributed by atoms with Gasteiger partial charge < -0.3 is 19.3 Å². The molecule has 2 aromatic carbocycles. The maximum Gasteiger partial charge on any atom is 0.271 e. The minimum absolute atomic E-state index is 0.219. The second-order valence-corrected chi connectivity index (χ2v) is 10.6. The highest BCUT2D eigenvalue weighted by Crippen LogP contribution is 2.39. The van der Waals surface area contributed by atoms with E-state index >= 15 is 0 Å². The molecule has 2 aliphatic heterocycles. The number of carbonyl (C=O) groups excluding carboxylic acids is 2. The van der Waals surface area contributed by atoms with Crippen molar-refractivity contribution in [3.8, 4) is 11.5 Å². The van der Waals surface area contributed by atoms with Crippen LogP contribution in [-0.4, -0.2) is 55.1 Å². The average molecular weight is 573 g/mol. The molecule has 3 aromatic rings. The number of benzene rings is 2. The maximum absolute atomic E-state index is 14.4. The van der Waals surface area contributed by atoms with Gasteiger partial charge in [0.05, 0.1) is 36.8 Å². The van der Waals surface area contributed by atoms with E-state index in [0.717, 1.165) is 17.0 Å². The van der Waals surface area contributed by atoms with E-state index in [0.29, 0.717) is 63.9 Å². The van der Waals surface area contributed by atoms with E-state index in [1.54, 1.807) is 55.2 Å². The molecule has 0 aliphatic carbocycles. The first-order valence-electron chi connectivity index (χ1n) is 13.4. The second-order valence-electron chi connectivity index (χ2n) is 9.58. The van der Waals surface area contributed by atoms with E-state index in [1.807, 2.05) is 38.1 Å². The maximum atomic E-state index is 14.4. The Balaban J connectivity index is 1.86. The number of likely N-dealkylation sites (N-methyl/N-ethyl adjacent to an activating group) is 1. The monoisotopic (exact) mass is 572 g/mol. The number of anilines is 1. The molecule has 2 aliphatic rings. The number of amides is 2. The van der Waals surface area contributed by atoms with Crippen LogP contribution in [0.1, 0.15) is 37.9 Å². The molecule has 10 heteroatoms. The van der Waals surface area contributed by atoms with Gasteiger partial charge in [-0.25, -0.2) is 4.99 Å².